The zero-order chi connectivity index (χ0) is 10.5. The lowest BCUT2D eigenvalue weighted by Gasteiger charge is -2.23. The number of morpholine rings is 1. The fraction of sp³-hybridized carbons (Fsp3) is 0.455. The number of pyridine rings is 1. The lowest BCUT2D eigenvalue weighted by Crippen LogP contribution is -2.33. The number of ether oxygens (including phenoxy) is 1. The predicted molar refractivity (Wildman–Crippen MR) is 55.1 cm³/mol. The van der Waals surface area contributed by atoms with Crippen molar-refractivity contribution in [2.24, 2.45) is 0 Å². The molecule has 1 aromatic heterocycles. The average Bonchev–Trinajstić information content (AvgIpc) is 2.32. The molecule has 4 heteroatoms. The molecular weight excluding hydrogens is 190 g/mol. The van der Waals surface area contributed by atoms with Gasteiger partial charge in [0.05, 0.1) is 24.8 Å². The van der Waals surface area contributed by atoms with Crippen molar-refractivity contribution in [3.05, 3.63) is 29.6 Å². The van der Waals surface area contributed by atoms with E-state index in [-0.39, 0.29) is 6.10 Å². The number of nitrogens with one attached hydrogen (secondary N) is 1. The lowest BCUT2D eigenvalue weighted by molar-refractivity contribution is 0.0250. The van der Waals surface area contributed by atoms with Gasteiger partial charge in [0, 0.05) is 19.3 Å². The zero-order valence-electron chi connectivity index (χ0n) is 8.44. The summed E-state index contributed by atoms with van der Waals surface area (Å²) < 4.78 is 5.57. The van der Waals surface area contributed by atoms with Gasteiger partial charge in [0.1, 0.15) is 6.10 Å². The van der Waals surface area contributed by atoms with Gasteiger partial charge in [-0.3, -0.25) is 4.98 Å². The molecule has 1 aromatic rings. The van der Waals surface area contributed by atoms with E-state index in [4.69, 9.17) is 10.00 Å². The summed E-state index contributed by atoms with van der Waals surface area (Å²) in [4.78, 5) is 4.30. The van der Waals surface area contributed by atoms with Gasteiger partial charge in [0.15, 0.2) is 0 Å². The summed E-state index contributed by atoms with van der Waals surface area (Å²) in [5.41, 5.74) is 1.88. The van der Waals surface area contributed by atoms with Crippen LogP contribution in [0.5, 0.6) is 0 Å². The molecule has 1 aliphatic rings. The molecule has 78 valence electrons. The van der Waals surface area contributed by atoms with Gasteiger partial charge in [0.25, 0.3) is 0 Å². The van der Waals surface area contributed by atoms with Crippen LogP contribution in [0.25, 0.3) is 0 Å². The second kappa shape index (κ2) is 4.87. The van der Waals surface area contributed by atoms with E-state index in [0.29, 0.717) is 6.42 Å². The van der Waals surface area contributed by atoms with E-state index in [1.54, 1.807) is 6.20 Å². The Morgan fingerprint density at radius 1 is 1.60 bits per heavy atom. The standard InChI is InChI=1S/C11H13N3O/c12-4-3-9-1-2-10(14-7-9)11-8-13-5-6-15-11/h1-2,7,11,13H,3,5-6,8H2. The van der Waals surface area contributed by atoms with Gasteiger partial charge in [-0.1, -0.05) is 6.07 Å². The molecule has 2 heterocycles. The Bertz CT molecular complexity index is 349. The summed E-state index contributed by atoms with van der Waals surface area (Å²) in [7, 11) is 0. The van der Waals surface area contributed by atoms with Crippen molar-refractivity contribution in [2.75, 3.05) is 19.7 Å². The maximum absolute atomic E-state index is 8.53. The zero-order valence-corrected chi connectivity index (χ0v) is 8.44. The maximum atomic E-state index is 8.53. The Balaban J connectivity index is 2.05. The van der Waals surface area contributed by atoms with Crippen LogP contribution < -0.4 is 5.32 Å². The summed E-state index contributed by atoms with van der Waals surface area (Å²) in [6, 6.07) is 5.97. The van der Waals surface area contributed by atoms with Crippen molar-refractivity contribution in [3.63, 3.8) is 0 Å². The first-order valence-electron chi connectivity index (χ1n) is 5.04. The molecule has 0 spiro atoms. The minimum absolute atomic E-state index is 0.0508. The van der Waals surface area contributed by atoms with Crippen LogP contribution in [0, 0.1) is 11.3 Å². The van der Waals surface area contributed by atoms with Crippen molar-refractivity contribution in [1.82, 2.24) is 10.3 Å². The number of aromatic nitrogens is 1. The molecule has 1 unspecified atom stereocenters. The van der Waals surface area contributed by atoms with Crippen LogP contribution in [0.3, 0.4) is 0 Å². The first kappa shape index (κ1) is 10.1. The number of nitriles is 1. The van der Waals surface area contributed by atoms with Gasteiger partial charge in [-0.25, -0.2) is 0 Å². The predicted octanol–water partition coefficient (Wildman–Crippen LogP) is 0.809. The third kappa shape index (κ3) is 2.52. The van der Waals surface area contributed by atoms with E-state index < -0.39 is 0 Å². The SMILES string of the molecule is N#CCc1ccc(C2CNCCO2)nc1. The molecule has 1 fully saturated rings. The maximum Gasteiger partial charge on any atom is 0.112 e. The molecule has 1 N–H and O–H groups in total. The fourth-order valence-corrected chi connectivity index (χ4v) is 1.58. The molecule has 0 amide bonds. The van der Waals surface area contributed by atoms with E-state index in [0.717, 1.165) is 31.0 Å². The number of hydrogen-bond acceptors (Lipinski definition) is 4. The summed E-state index contributed by atoms with van der Waals surface area (Å²) >= 11 is 0. The van der Waals surface area contributed by atoms with E-state index in [1.807, 2.05) is 12.1 Å². The smallest absolute Gasteiger partial charge is 0.112 e. The Hall–Kier alpha value is -1.44. The summed E-state index contributed by atoms with van der Waals surface area (Å²) in [6.45, 7) is 2.44. The topological polar surface area (TPSA) is 57.9 Å². The van der Waals surface area contributed by atoms with Gasteiger partial charge in [-0.15, -0.1) is 0 Å². The van der Waals surface area contributed by atoms with Gasteiger partial charge < -0.3 is 10.1 Å². The first-order chi connectivity index (χ1) is 7.40. The molecule has 1 atom stereocenters. The summed E-state index contributed by atoms with van der Waals surface area (Å²) in [5.74, 6) is 0. The highest BCUT2D eigenvalue weighted by molar-refractivity contribution is 5.18. The highest BCUT2D eigenvalue weighted by Crippen LogP contribution is 2.16. The van der Waals surface area contributed by atoms with E-state index >= 15 is 0 Å². The molecule has 0 bridgehead atoms. The quantitative estimate of drug-likeness (QED) is 0.772. The van der Waals surface area contributed by atoms with Crippen molar-refractivity contribution < 1.29 is 4.74 Å². The molecule has 1 saturated heterocycles. The van der Waals surface area contributed by atoms with E-state index in [2.05, 4.69) is 16.4 Å². The van der Waals surface area contributed by atoms with Gasteiger partial charge >= 0.3 is 0 Å². The molecule has 0 radical (unpaired) electrons. The Morgan fingerprint density at radius 3 is 3.13 bits per heavy atom. The minimum Gasteiger partial charge on any atom is -0.369 e. The second-order valence-electron chi connectivity index (χ2n) is 3.49. The van der Waals surface area contributed by atoms with Gasteiger partial charge in [-0.2, -0.15) is 5.26 Å². The molecule has 0 saturated carbocycles. The third-order valence-electron chi connectivity index (χ3n) is 2.39. The van der Waals surface area contributed by atoms with Crippen molar-refractivity contribution in [3.8, 4) is 6.07 Å². The normalized spacial score (nSPS) is 20.9. The molecule has 2 rings (SSSR count). The van der Waals surface area contributed by atoms with Crippen molar-refractivity contribution in [1.29, 1.82) is 5.26 Å². The van der Waals surface area contributed by atoms with Gasteiger partial charge in [-0.05, 0) is 11.6 Å². The Morgan fingerprint density at radius 2 is 2.53 bits per heavy atom. The van der Waals surface area contributed by atoms with Crippen LogP contribution in [0.4, 0.5) is 0 Å². The van der Waals surface area contributed by atoms with Gasteiger partial charge in [0.2, 0.25) is 0 Å². The van der Waals surface area contributed by atoms with Crippen LogP contribution >= 0.6 is 0 Å². The molecule has 4 nitrogen and oxygen atoms in total. The second-order valence-corrected chi connectivity index (χ2v) is 3.49. The average molecular weight is 203 g/mol. The van der Waals surface area contributed by atoms with Crippen LogP contribution in [0.1, 0.15) is 17.4 Å². The van der Waals surface area contributed by atoms with Crippen molar-refractivity contribution >= 4 is 0 Å². The Kier molecular flexibility index (Phi) is 3.28. The Labute approximate surface area is 88.9 Å². The summed E-state index contributed by atoms with van der Waals surface area (Å²) in [6.07, 6.45) is 2.21. The first-order valence-corrected chi connectivity index (χ1v) is 5.04. The van der Waals surface area contributed by atoms with Crippen molar-refractivity contribution in [2.45, 2.75) is 12.5 Å². The molecule has 15 heavy (non-hydrogen) atoms. The molecular formula is C11H13N3O. The number of nitrogens with zero attached hydrogens (tertiary/aromatic N) is 2. The fourth-order valence-electron chi connectivity index (χ4n) is 1.58. The van der Waals surface area contributed by atoms with Crippen LogP contribution in [-0.4, -0.2) is 24.7 Å². The third-order valence-corrected chi connectivity index (χ3v) is 2.39. The molecule has 0 aromatic carbocycles. The van der Waals surface area contributed by atoms with E-state index in [9.17, 15) is 0 Å². The largest absolute Gasteiger partial charge is 0.369 e. The van der Waals surface area contributed by atoms with Crippen LogP contribution in [0.2, 0.25) is 0 Å². The van der Waals surface area contributed by atoms with Crippen LogP contribution in [-0.2, 0) is 11.2 Å². The highest BCUT2D eigenvalue weighted by Gasteiger charge is 2.16. The molecule has 0 aliphatic carbocycles. The molecule has 1 aliphatic heterocycles. The number of rotatable bonds is 2. The lowest BCUT2D eigenvalue weighted by atomic mass is 10.1. The van der Waals surface area contributed by atoms with Crippen LogP contribution in [0.15, 0.2) is 18.3 Å². The monoisotopic (exact) mass is 203 g/mol. The highest BCUT2D eigenvalue weighted by atomic mass is 16.5. The minimum atomic E-state index is 0.0508. The van der Waals surface area contributed by atoms with E-state index in [1.165, 1.54) is 0 Å². The number of hydrogen-bond donors (Lipinski definition) is 1. The summed E-state index contributed by atoms with van der Waals surface area (Å²) in [5, 5.41) is 11.8.